The van der Waals surface area contributed by atoms with Gasteiger partial charge >= 0.3 is 13.3 Å². The van der Waals surface area contributed by atoms with E-state index in [0.717, 1.165) is 16.7 Å². The molecule has 0 spiro atoms. The van der Waals surface area contributed by atoms with Gasteiger partial charge < -0.3 is 18.5 Å². The minimum Gasteiger partial charge on any atom is -0.358 e. The van der Waals surface area contributed by atoms with Gasteiger partial charge in [-0.25, -0.2) is 4.79 Å². The molecule has 0 saturated heterocycles. The monoisotopic (exact) mass is 644 g/mol. The maximum absolute atomic E-state index is 14.2. The Hall–Kier alpha value is -3.85. The zero-order chi connectivity index (χ0) is 32.9. The lowest BCUT2D eigenvalue weighted by molar-refractivity contribution is -0.0882. The molecule has 5 rings (SSSR count). The average molecular weight is 645 g/mol. The summed E-state index contributed by atoms with van der Waals surface area (Å²) in [4.78, 5) is 27.8. The Morgan fingerprint density at radius 2 is 1.28 bits per heavy atom. The molecule has 0 aliphatic carbocycles. The van der Waals surface area contributed by atoms with Crippen molar-refractivity contribution in [1.82, 2.24) is 9.55 Å². The van der Waals surface area contributed by atoms with Crippen molar-refractivity contribution in [3.8, 4) is 0 Å². The summed E-state index contributed by atoms with van der Waals surface area (Å²) in [6.07, 6.45) is 3.20. The highest BCUT2D eigenvalue weighted by Crippen LogP contribution is 2.57. The smallest absolute Gasteiger partial charge is 0.358 e. The van der Waals surface area contributed by atoms with Crippen LogP contribution in [0.1, 0.15) is 56.0 Å². The SMILES string of the molecule is Cc1cn([C@@H]2C=C[C@H](P(=O)(OC(C)C)OC(C)C)O[C@@H]2COC(c2ccccc2)(c2ccccc2)c2ccccc2)c(=O)[nH]c1=O. The van der Waals surface area contributed by atoms with Crippen molar-refractivity contribution in [2.75, 3.05) is 6.61 Å². The van der Waals surface area contributed by atoms with Gasteiger partial charge in [0.2, 0.25) is 0 Å². The third-order valence-electron chi connectivity index (χ3n) is 7.67. The van der Waals surface area contributed by atoms with Gasteiger partial charge in [0, 0.05) is 11.8 Å². The highest BCUT2D eigenvalue weighted by atomic mass is 31.2. The Labute approximate surface area is 269 Å². The van der Waals surface area contributed by atoms with Crippen molar-refractivity contribution in [3.05, 3.63) is 152 Å². The van der Waals surface area contributed by atoms with Crippen molar-refractivity contribution in [1.29, 1.82) is 0 Å². The average Bonchev–Trinajstić information content (AvgIpc) is 3.04. The molecule has 1 aliphatic rings. The molecular formula is C36H41N2O7P. The van der Waals surface area contributed by atoms with Gasteiger partial charge in [-0.3, -0.25) is 18.9 Å². The number of nitrogens with zero attached hydrogens (tertiary/aromatic N) is 1. The van der Waals surface area contributed by atoms with Gasteiger partial charge in [-0.15, -0.1) is 0 Å². The van der Waals surface area contributed by atoms with Crippen LogP contribution in [0.3, 0.4) is 0 Å². The van der Waals surface area contributed by atoms with Crippen LogP contribution in [0.4, 0.5) is 0 Å². The number of hydrogen-bond acceptors (Lipinski definition) is 7. The molecule has 9 nitrogen and oxygen atoms in total. The molecule has 3 aromatic carbocycles. The Morgan fingerprint density at radius 1 is 0.804 bits per heavy atom. The topological polar surface area (TPSA) is 109 Å². The van der Waals surface area contributed by atoms with E-state index in [9.17, 15) is 14.2 Å². The Balaban J connectivity index is 1.64. The van der Waals surface area contributed by atoms with Gasteiger partial charge in [0.05, 0.1) is 24.9 Å². The molecule has 10 heteroatoms. The quantitative estimate of drug-likeness (QED) is 0.104. The number of ether oxygens (including phenoxy) is 2. The molecule has 1 N–H and O–H groups in total. The second-order valence-corrected chi connectivity index (χ2v) is 13.9. The number of H-pyrrole nitrogens is 1. The summed E-state index contributed by atoms with van der Waals surface area (Å²) < 4.78 is 41.1. The fraction of sp³-hybridized carbons (Fsp3) is 0.333. The number of hydrogen-bond donors (Lipinski definition) is 1. The number of aryl methyl sites for hydroxylation is 1. The summed E-state index contributed by atoms with van der Waals surface area (Å²) in [7, 11) is -3.84. The molecule has 3 atom stereocenters. The first-order valence-corrected chi connectivity index (χ1v) is 17.1. The normalized spacial score (nSPS) is 18.7. The van der Waals surface area contributed by atoms with Crippen LogP contribution in [0.25, 0.3) is 0 Å². The van der Waals surface area contributed by atoms with Gasteiger partial charge in [0.25, 0.3) is 5.56 Å². The summed E-state index contributed by atoms with van der Waals surface area (Å²) in [5.74, 6) is -1.07. The lowest BCUT2D eigenvalue weighted by Crippen LogP contribution is -2.45. The molecule has 0 fully saturated rings. The number of rotatable bonds is 12. The summed E-state index contributed by atoms with van der Waals surface area (Å²) in [5, 5.41) is 0. The van der Waals surface area contributed by atoms with Gasteiger partial charge in [-0.2, -0.15) is 0 Å². The lowest BCUT2D eigenvalue weighted by Gasteiger charge is -2.40. The second kappa shape index (κ2) is 14.3. The minimum atomic E-state index is -3.84. The van der Waals surface area contributed by atoms with E-state index < -0.39 is 54.6 Å². The van der Waals surface area contributed by atoms with Crippen LogP contribution in [-0.4, -0.2) is 40.3 Å². The van der Waals surface area contributed by atoms with Crippen LogP contribution in [0, 0.1) is 6.92 Å². The zero-order valence-electron chi connectivity index (χ0n) is 26.7. The second-order valence-electron chi connectivity index (χ2n) is 11.9. The first-order valence-electron chi connectivity index (χ1n) is 15.5. The molecule has 1 aliphatic heterocycles. The van der Waals surface area contributed by atoms with E-state index in [0.29, 0.717) is 5.56 Å². The highest BCUT2D eigenvalue weighted by molar-refractivity contribution is 7.54. The fourth-order valence-electron chi connectivity index (χ4n) is 5.74. The molecule has 4 aromatic rings. The first-order chi connectivity index (χ1) is 22.0. The predicted octanol–water partition coefficient (Wildman–Crippen LogP) is 6.72. The summed E-state index contributed by atoms with van der Waals surface area (Å²) in [6.45, 7) is 8.71. The van der Waals surface area contributed by atoms with Crippen molar-refractivity contribution in [3.63, 3.8) is 0 Å². The van der Waals surface area contributed by atoms with Crippen LogP contribution < -0.4 is 11.2 Å². The van der Waals surface area contributed by atoms with Gasteiger partial charge in [-0.1, -0.05) is 97.1 Å². The molecule has 46 heavy (non-hydrogen) atoms. The predicted molar refractivity (Wildman–Crippen MR) is 178 cm³/mol. The maximum atomic E-state index is 14.2. The Kier molecular flexibility index (Phi) is 10.4. The zero-order valence-corrected chi connectivity index (χ0v) is 27.6. The molecule has 242 valence electrons. The summed E-state index contributed by atoms with van der Waals surface area (Å²) in [5.41, 5.74) is 0.885. The van der Waals surface area contributed by atoms with Gasteiger partial charge in [0.1, 0.15) is 11.7 Å². The standard InChI is InChI=1S/C36H41N2O7P/c1-25(2)44-46(41,45-26(3)4)33-22-21-31(38-23-27(5)34(39)37-35(38)40)32(43-33)24-42-36(28-15-9-6-10-16-28,29-17-11-7-12-18-29)30-19-13-8-14-20-30/h6-23,25-26,31-33H,24H2,1-5H3,(H,37,39,40)/t31-,32-,33+/m1/s1. The molecule has 0 amide bonds. The van der Waals surface area contributed by atoms with E-state index in [-0.39, 0.29) is 6.61 Å². The first kappa shape index (κ1) is 33.5. The van der Waals surface area contributed by atoms with Gasteiger partial charge in [0.15, 0.2) is 5.85 Å². The molecule has 1 aromatic heterocycles. The van der Waals surface area contributed by atoms with E-state index in [1.54, 1.807) is 46.8 Å². The van der Waals surface area contributed by atoms with E-state index >= 15 is 0 Å². The minimum absolute atomic E-state index is 0.0435. The third-order valence-corrected chi connectivity index (χ3v) is 10.0. The van der Waals surface area contributed by atoms with Crippen molar-refractivity contribution < 1.29 is 23.1 Å². The van der Waals surface area contributed by atoms with Crippen LogP contribution in [-0.2, 0) is 28.7 Å². The van der Waals surface area contributed by atoms with Crippen LogP contribution >= 0.6 is 7.60 Å². The van der Waals surface area contributed by atoms with Crippen LogP contribution in [0.5, 0.6) is 0 Å². The third kappa shape index (κ3) is 7.09. The molecular weight excluding hydrogens is 603 g/mol. The van der Waals surface area contributed by atoms with E-state index in [2.05, 4.69) is 4.98 Å². The number of aromatic nitrogens is 2. The number of benzene rings is 3. The fourth-order valence-corrected chi connectivity index (χ4v) is 7.82. The number of nitrogens with one attached hydrogen (secondary N) is 1. The van der Waals surface area contributed by atoms with Gasteiger partial charge in [-0.05, 0) is 57.4 Å². The van der Waals surface area contributed by atoms with E-state index in [1.165, 1.54) is 10.8 Å². The Bertz CT molecular complexity index is 1680. The van der Waals surface area contributed by atoms with Crippen molar-refractivity contribution in [2.45, 2.75) is 70.4 Å². The van der Waals surface area contributed by atoms with E-state index in [1.807, 2.05) is 91.0 Å². The number of aromatic amines is 1. The summed E-state index contributed by atoms with van der Waals surface area (Å²) in [6, 6.07) is 29.0. The summed E-state index contributed by atoms with van der Waals surface area (Å²) >= 11 is 0. The molecule has 0 bridgehead atoms. The lowest BCUT2D eigenvalue weighted by atomic mass is 9.80. The highest BCUT2D eigenvalue weighted by Gasteiger charge is 2.45. The molecule has 0 unspecified atom stereocenters. The molecule has 2 heterocycles. The van der Waals surface area contributed by atoms with Crippen molar-refractivity contribution in [2.24, 2.45) is 0 Å². The van der Waals surface area contributed by atoms with Crippen molar-refractivity contribution >= 4 is 7.60 Å². The van der Waals surface area contributed by atoms with Crippen LogP contribution in [0.2, 0.25) is 0 Å². The largest absolute Gasteiger partial charge is 0.363 e. The molecule has 0 radical (unpaired) electrons. The molecule has 0 saturated carbocycles. The Morgan fingerprint density at radius 3 is 1.74 bits per heavy atom. The van der Waals surface area contributed by atoms with Crippen LogP contribution in [0.15, 0.2) is 119 Å². The van der Waals surface area contributed by atoms with E-state index in [4.69, 9.17) is 18.5 Å². The maximum Gasteiger partial charge on any atom is 0.363 e.